The number of nitrogens with one attached hydrogen (secondary N) is 2. The molecule has 0 bridgehead atoms. The first-order chi connectivity index (χ1) is 17.9. The molecule has 0 saturated heterocycles. The third-order valence-corrected chi connectivity index (χ3v) is 6.59. The molecule has 3 aromatic carbocycles. The maximum atomic E-state index is 13.7. The Morgan fingerprint density at radius 2 is 1.84 bits per heavy atom. The number of aromatic nitrogens is 2. The molecule has 0 unspecified atom stereocenters. The first-order valence-corrected chi connectivity index (χ1v) is 12.3. The lowest BCUT2D eigenvalue weighted by molar-refractivity contribution is 0.205. The number of carbonyl (C=O) groups excluding carboxylic acids is 1. The predicted molar refractivity (Wildman–Crippen MR) is 143 cm³/mol. The summed E-state index contributed by atoms with van der Waals surface area (Å²) in [6.07, 6.45) is 0.399. The number of rotatable bonds is 5. The maximum Gasteiger partial charge on any atom is 0.322 e. The van der Waals surface area contributed by atoms with Gasteiger partial charge in [0.15, 0.2) is 0 Å². The highest BCUT2D eigenvalue weighted by Gasteiger charge is 2.27. The minimum atomic E-state index is -0.381. The van der Waals surface area contributed by atoms with Crippen LogP contribution in [0, 0.1) is 5.82 Å². The Balaban J connectivity index is 1.45. The van der Waals surface area contributed by atoms with Crippen LogP contribution in [0.3, 0.4) is 0 Å². The average molecular weight is 538 g/mol. The van der Waals surface area contributed by atoms with Gasteiger partial charge in [-0.15, -0.1) is 0 Å². The number of hydrogen-bond donors (Lipinski definition) is 2. The zero-order chi connectivity index (χ0) is 25.9. The first kappa shape index (κ1) is 24.8. The van der Waals surface area contributed by atoms with Gasteiger partial charge in [0.1, 0.15) is 5.82 Å². The van der Waals surface area contributed by atoms with Crippen molar-refractivity contribution in [2.45, 2.75) is 19.5 Å². The molecular formula is C27H22Cl2FN5O2. The van der Waals surface area contributed by atoms with Gasteiger partial charge < -0.3 is 15.5 Å². The summed E-state index contributed by atoms with van der Waals surface area (Å²) in [5, 5.41) is 6.75. The summed E-state index contributed by atoms with van der Waals surface area (Å²) < 4.78 is 15.1. The number of carbonyl (C=O) groups is 1. The van der Waals surface area contributed by atoms with Crippen molar-refractivity contribution >= 4 is 40.9 Å². The standard InChI is InChI=1S/C27H22Cl2FN5O2/c28-18-9-10-24(22(29)14-18)33-27(37)34-12-11-23-21(16-34)25(36)35(20-7-2-1-3-8-20)26(32-23)31-15-17-5-4-6-19(30)13-17/h1-10,13-14H,11-12,15-16H2,(H,31,32)(H,33,37). The molecule has 0 saturated carbocycles. The van der Waals surface area contributed by atoms with Gasteiger partial charge in [-0.1, -0.05) is 53.5 Å². The van der Waals surface area contributed by atoms with Crippen LogP contribution < -0.4 is 16.2 Å². The molecule has 10 heteroatoms. The Kier molecular flexibility index (Phi) is 7.12. The van der Waals surface area contributed by atoms with Gasteiger partial charge >= 0.3 is 6.03 Å². The molecule has 0 aliphatic carbocycles. The number of para-hydroxylation sites is 1. The fourth-order valence-corrected chi connectivity index (χ4v) is 4.65. The highest BCUT2D eigenvalue weighted by Crippen LogP contribution is 2.26. The van der Waals surface area contributed by atoms with Crippen molar-refractivity contribution in [1.29, 1.82) is 0 Å². The van der Waals surface area contributed by atoms with Crippen LogP contribution >= 0.6 is 23.2 Å². The van der Waals surface area contributed by atoms with E-state index in [9.17, 15) is 14.0 Å². The minimum absolute atomic E-state index is 0.0925. The fraction of sp³-hybridized carbons (Fsp3) is 0.148. The van der Waals surface area contributed by atoms with Crippen molar-refractivity contribution in [2.75, 3.05) is 17.2 Å². The number of benzene rings is 3. The Hall–Kier alpha value is -3.88. The molecule has 0 radical (unpaired) electrons. The molecule has 188 valence electrons. The molecule has 2 amide bonds. The third-order valence-electron chi connectivity index (χ3n) is 6.04. The van der Waals surface area contributed by atoms with E-state index in [0.29, 0.717) is 51.6 Å². The molecule has 2 heterocycles. The quantitative estimate of drug-likeness (QED) is 0.333. The Bertz CT molecular complexity index is 1530. The second-order valence-electron chi connectivity index (χ2n) is 8.55. The normalized spacial score (nSPS) is 12.7. The molecule has 5 rings (SSSR count). The predicted octanol–water partition coefficient (Wildman–Crippen LogP) is 5.88. The molecule has 0 fully saturated rings. The van der Waals surface area contributed by atoms with E-state index in [1.807, 2.05) is 18.2 Å². The lowest BCUT2D eigenvalue weighted by atomic mass is 10.1. The number of fused-ring (bicyclic) bond motifs is 1. The number of anilines is 2. The van der Waals surface area contributed by atoms with Crippen molar-refractivity contribution in [3.8, 4) is 5.69 Å². The summed E-state index contributed by atoms with van der Waals surface area (Å²) in [6.45, 7) is 0.747. The van der Waals surface area contributed by atoms with Gasteiger partial charge in [-0.2, -0.15) is 0 Å². The van der Waals surface area contributed by atoms with E-state index in [0.717, 1.165) is 5.56 Å². The van der Waals surface area contributed by atoms with Crippen LogP contribution in [0.25, 0.3) is 5.69 Å². The molecule has 7 nitrogen and oxygen atoms in total. The summed E-state index contributed by atoms with van der Waals surface area (Å²) in [5.74, 6) is 0.0152. The van der Waals surface area contributed by atoms with Crippen LogP contribution in [-0.4, -0.2) is 27.0 Å². The van der Waals surface area contributed by atoms with Crippen LogP contribution in [0.5, 0.6) is 0 Å². The SMILES string of the molecule is O=C(Nc1ccc(Cl)cc1Cl)N1CCc2nc(NCc3cccc(F)c3)n(-c3ccccc3)c(=O)c2C1. The summed E-state index contributed by atoms with van der Waals surface area (Å²) in [4.78, 5) is 33.0. The van der Waals surface area contributed by atoms with Gasteiger partial charge in [-0.25, -0.2) is 18.7 Å². The van der Waals surface area contributed by atoms with Gasteiger partial charge in [0.25, 0.3) is 5.56 Å². The second-order valence-corrected chi connectivity index (χ2v) is 9.39. The van der Waals surface area contributed by atoms with E-state index in [-0.39, 0.29) is 30.5 Å². The minimum Gasteiger partial charge on any atom is -0.351 e. The fourth-order valence-electron chi connectivity index (χ4n) is 4.20. The Morgan fingerprint density at radius 3 is 2.59 bits per heavy atom. The summed E-state index contributed by atoms with van der Waals surface area (Å²) in [6, 6.07) is 19.8. The first-order valence-electron chi connectivity index (χ1n) is 11.6. The molecule has 1 aromatic heterocycles. The van der Waals surface area contributed by atoms with Crippen molar-refractivity contribution in [3.63, 3.8) is 0 Å². The van der Waals surface area contributed by atoms with Gasteiger partial charge in [0.05, 0.1) is 34.2 Å². The molecule has 37 heavy (non-hydrogen) atoms. The highest BCUT2D eigenvalue weighted by molar-refractivity contribution is 6.36. The molecule has 0 spiro atoms. The maximum absolute atomic E-state index is 13.7. The van der Waals surface area contributed by atoms with E-state index in [2.05, 4.69) is 10.6 Å². The van der Waals surface area contributed by atoms with Crippen LogP contribution in [0.1, 0.15) is 16.8 Å². The van der Waals surface area contributed by atoms with E-state index >= 15 is 0 Å². The summed E-state index contributed by atoms with van der Waals surface area (Å²) in [5.41, 5.74) is 2.55. The number of halogens is 3. The molecule has 2 N–H and O–H groups in total. The van der Waals surface area contributed by atoms with Crippen molar-refractivity contribution < 1.29 is 9.18 Å². The van der Waals surface area contributed by atoms with E-state index in [4.69, 9.17) is 28.2 Å². The van der Waals surface area contributed by atoms with Crippen LogP contribution in [-0.2, 0) is 19.5 Å². The number of hydrogen-bond acceptors (Lipinski definition) is 4. The van der Waals surface area contributed by atoms with Crippen LogP contribution in [0.4, 0.5) is 20.8 Å². The smallest absolute Gasteiger partial charge is 0.322 e. The topological polar surface area (TPSA) is 79.3 Å². The van der Waals surface area contributed by atoms with Gasteiger partial charge in [-0.3, -0.25) is 4.79 Å². The van der Waals surface area contributed by atoms with Gasteiger partial charge in [-0.05, 0) is 48.0 Å². The summed E-state index contributed by atoms with van der Waals surface area (Å²) in [7, 11) is 0. The molecular weight excluding hydrogens is 516 g/mol. The Morgan fingerprint density at radius 1 is 1.03 bits per heavy atom. The van der Waals surface area contributed by atoms with E-state index in [1.54, 1.807) is 47.4 Å². The zero-order valence-electron chi connectivity index (χ0n) is 19.5. The lowest BCUT2D eigenvalue weighted by Crippen LogP contribution is -2.43. The van der Waals surface area contributed by atoms with Crippen molar-refractivity contribution in [2.24, 2.45) is 0 Å². The molecule has 1 aliphatic heterocycles. The van der Waals surface area contributed by atoms with Gasteiger partial charge in [0, 0.05) is 24.5 Å². The number of urea groups is 1. The highest BCUT2D eigenvalue weighted by atomic mass is 35.5. The molecule has 4 aromatic rings. The third kappa shape index (κ3) is 5.45. The lowest BCUT2D eigenvalue weighted by Gasteiger charge is -2.29. The van der Waals surface area contributed by atoms with E-state index in [1.165, 1.54) is 16.7 Å². The largest absolute Gasteiger partial charge is 0.351 e. The monoisotopic (exact) mass is 537 g/mol. The van der Waals surface area contributed by atoms with E-state index < -0.39 is 0 Å². The summed E-state index contributed by atoms with van der Waals surface area (Å²) >= 11 is 12.1. The molecule has 1 aliphatic rings. The van der Waals surface area contributed by atoms with Crippen molar-refractivity contribution in [1.82, 2.24) is 14.5 Å². The number of nitrogens with zero attached hydrogens (tertiary/aromatic N) is 3. The second kappa shape index (κ2) is 10.6. The Labute approximate surface area is 222 Å². The molecule has 0 atom stereocenters. The zero-order valence-corrected chi connectivity index (χ0v) is 21.1. The van der Waals surface area contributed by atoms with Crippen molar-refractivity contribution in [3.05, 3.63) is 116 Å². The van der Waals surface area contributed by atoms with Gasteiger partial charge in [0.2, 0.25) is 5.95 Å². The van der Waals surface area contributed by atoms with Crippen LogP contribution in [0.2, 0.25) is 10.0 Å². The number of amides is 2. The average Bonchev–Trinajstić information content (AvgIpc) is 2.89. The van der Waals surface area contributed by atoms with Crippen LogP contribution in [0.15, 0.2) is 77.6 Å².